The summed E-state index contributed by atoms with van der Waals surface area (Å²) in [5.74, 6) is -0.388. The zero-order valence-corrected chi connectivity index (χ0v) is 18.3. The molecule has 2 aromatic carbocycles. The Bertz CT molecular complexity index is 1220. The second-order valence-corrected chi connectivity index (χ2v) is 8.03. The number of hydrogen-bond donors (Lipinski definition) is 1. The molecule has 0 atom stereocenters. The number of nitrogens with zero attached hydrogens (tertiary/aromatic N) is 4. The van der Waals surface area contributed by atoms with Crippen molar-refractivity contribution in [3.63, 3.8) is 0 Å². The van der Waals surface area contributed by atoms with Crippen LogP contribution in [0.2, 0.25) is 0 Å². The van der Waals surface area contributed by atoms with Crippen LogP contribution < -0.4 is 10.2 Å². The zero-order chi connectivity index (χ0) is 22.7. The summed E-state index contributed by atoms with van der Waals surface area (Å²) in [6.45, 7) is 1.84. The summed E-state index contributed by atoms with van der Waals surface area (Å²) in [5, 5.41) is 7.35. The fourth-order valence-electron chi connectivity index (χ4n) is 3.15. The molecular formula is C23H20FN5O2S. The van der Waals surface area contributed by atoms with Gasteiger partial charge >= 0.3 is 0 Å². The van der Waals surface area contributed by atoms with Crippen LogP contribution in [0.4, 0.5) is 15.9 Å². The van der Waals surface area contributed by atoms with Gasteiger partial charge in [0.05, 0.1) is 17.1 Å². The van der Waals surface area contributed by atoms with Crippen molar-refractivity contribution in [1.82, 2.24) is 9.78 Å². The third kappa shape index (κ3) is 4.78. The number of carbonyl (C=O) groups excluding carboxylic acids is 2. The smallest absolute Gasteiger partial charge is 0.283 e. The maximum atomic E-state index is 13.4. The Labute approximate surface area is 188 Å². The number of rotatable bonds is 5. The van der Waals surface area contributed by atoms with Gasteiger partial charge in [-0.3, -0.25) is 19.2 Å². The number of aliphatic imine (C=N–C) groups is 1. The predicted octanol–water partition coefficient (Wildman–Crippen LogP) is 3.98. The van der Waals surface area contributed by atoms with Gasteiger partial charge in [0.1, 0.15) is 17.3 Å². The van der Waals surface area contributed by atoms with Crippen molar-refractivity contribution in [3.05, 3.63) is 83.4 Å². The van der Waals surface area contributed by atoms with Crippen LogP contribution in [-0.2, 0) is 16.6 Å². The van der Waals surface area contributed by atoms with Crippen LogP contribution in [0.3, 0.4) is 0 Å². The van der Waals surface area contributed by atoms with E-state index >= 15 is 0 Å². The molecule has 32 heavy (non-hydrogen) atoms. The quantitative estimate of drug-likeness (QED) is 0.598. The second kappa shape index (κ2) is 9.19. The first-order valence-electron chi connectivity index (χ1n) is 9.79. The van der Waals surface area contributed by atoms with Crippen LogP contribution in [0.25, 0.3) is 6.08 Å². The summed E-state index contributed by atoms with van der Waals surface area (Å²) in [5.41, 5.74) is 2.33. The molecule has 0 spiro atoms. The van der Waals surface area contributed by atoms with E-state index in [0.29, 0.717) is 16.7 Å². The highest BCUT2D eigenvalue weighted by Gasteiger charge is 2.32. The summed E-state index contributed by atoms with van der Waals surface area (Å²) in [7, 11) is 1.74. The molecule has 0 saturated carbocycles. The molecule has 9 heteroatoms. The van der Waals surface area contributed by atoms with Gasteiger partial charge in [0.15, 0.2) is 5.17 Å². The lowest BCUT2D eigenvalue weighted by atomic mass is 10.2. The van der Waals surface area contributed by atoms with E-state index in [0.717, 1.165) is 23.0 Å². The molecular weight excluding hydrogens is 429 g/mol. The number of carbonyl (C=O) groups is 2. The number of nitrogens with one attached hydrogen (secondary N) is 1. The van der Waals surface area contributed by atoms with Crippen LogP contribution in [0.5, 0.6) is 0 Å². The summed E-state index contributed by atoms with van der Waals surface area (Å²) < 4.78 is 15.0. The van der Waals surface area contributed by atoms with E-state index in [9.17, 15) is 14.0 Å². The molecule has 162 valence electrons. The van der Waals surface area contributed by atoms with E-state index in [1.807, 2.05) is 37.3 Å². The number of hydrogen-bond acceptors (Lipinski definition) is 5. The fraction of sp³-hybridized carbons (Fsp3) is 0.130. The number of amides is 2. The molecule has 0 bridgehead atoms. The van der Waals surface area contributed by atoms with Crippen molar-refractivity contribution in [2.75, 3.05) is 16.0 Å². The monoisotopic (exact) mass is 449 g/mol. The van der Waals surface area contributed by atoms with Crippen molar-refractivity contribution in [2.45, 2.75) is 6.92 Å². The van der Waals surface area contributed by atoms with Gasteiger partial charge in [-0.05, 0) is 42.8 Å². The van der Waals surface area contributed by atoms with Gasteiger partial charge in [-0.15, -0.1) is 0 Å². The Hall–Kier alpha value is -3.72. The molecule has 2 heterocycles. The van der Waals surface area contributed by atoms with Crippen molar-refractivity contribution >= 4 is 46.3 Å². The Balaban J connectivity index is 1.56. The Morgan fingerprint density at radius 1 is 1.16 bits per heavy atom. The van der Waals surface area contributed by atoms with Crippen LogP contribution in [-0.4, -0.2) is 32.5 Å². The third-order valence-electron chi connectivity index (χ3n) is 4.62. The Morgan fingerprint density at radius 3 is 2.53 bits per heavy atom. The van der Waals surface area contributed by atoms with Crippen LogP contribution in [0.1, 0.15) is 11.3 Å². The molecule has 1 N–H and O–H groups in total. The molecule has 1 aliphatic heterocycles. The molecule has 7 nitrogen and oxygen atoms in total. The van der Waals surface area contributed by atoms with Gasteiger partial charge in [-0.25, -0.2) is 9.38 Å². The minimum atomic E-state index is -0.405. The summed E-state index contributed by atoms with van der Waals surface area (Å²) in [4.78, 5) is 31.4. The number of thioether (sulfide) groups is 1. The maximum Gasteiger partial charge on any atom is 0.283 e. The number of aromatic nitrogens is 2. The second-order valence-electron chi connectivity index (χ2n) is 7.08. The van der Waals surface area contributed by atoms with E-state index in [1.165, 1.54) is 29.2 Å². The molecule has 0 fully saturated rings. The van der Waals surface area contributed by atoms with Gasteiger partial charge in [0.25, 0.3) is 5.91 Å². The van der Waals surface area contributed by atoms with Crippen LogP contribution >= 0.6 is 11.8 Å². The SMILES string of the molecule is Cc1cc(NC(=O)CSC2=N/C(=C\c3ccccc3)C(=O)N2c2ccc(F)cc2)n(C)n1. The average molecular weight is 450 g/mol. The lowest BCUT2D eigenvalue weighted by Gasteiger charge is -2.17. The highest BCUT2D eigenvalue weighted by Crippen LogP contribution is 2.29. The first-order chi connectivity index (χ1) is 15.4. The standard InChI is InChI=1S/C23H20FN5O2S/c1-15-12-20(28(2)27-15)26-21(30)14-32-23-25-19(13-16-6-4-3-5-7-16)22(31)29(23)18-10-8-17(24)9-11-18/h3-13H,14H2,1-2H3,(H,26,30)/b19-13-. The Morgan fingerprint density at radius 2 is 1.88 bits per heavy atom. The number of benzene rings is 2. The molecule has 4 rings (SSSR count). The van der Waals surface area contributed by atoms with Crippen LogP contribution in [0.15, 0.2) is 71.4 Å². The van der Waals surface area contributed by atoms with Crippen molar-refractivity contribution < 1.29 is 14.0 Å². The molecule has 0 radical (unpaired) electrons. The Kier molecular flexibility index (Phi) is 6.18. The lowest BCUT2D eigenvalue weighted by Crippen LogP contribution is -2.31. The number of amidine groups is 1. The first-order valence-corrected chi connectivity index (χ1v) is 10.8. The number of aryl methyl sites for hydroxylation is 2. The van der Waals surface area contributed by atoms with Gasteiger partial charge in [0.2, 0.25) is 5.91 Å². The summed E-state index contributed by atoms with van der Waals surface area (Å²) >= 11 is 1.13. The van der Waals surface area contributed by atoms with Gasteiger partial charge in [-0.1, -0.05) is 42.1 Å². The van der Waals surface area contributed by atoms with Gasteiger partial charge in [-0.2, -0.15) is 5.10 Å². The molecule has 1 aromatic heterocycles. The van der Waals surface area contributed by atoms with E-state index in [1.54, 1.807) is 23.9 Å². The van der Waals surface area contributed by atoms with Crippen molar-refractivity contribution in [2.24, 2.45) is 12.0 Å². The zero-order valence-electron chi connectivity index (χ0n) is 17.4. The van der Waals surface area contributed by atoms with Crippen LogP contribution in [0, 0.1) is 12.7 Å². The topological polar surface area (TPSA) is 79.6 Å². The van der Waals surface area contributed by atoms with E-state index < -0.39 is 5.82 Å². The largest absolute Gasteiger partial charge is 0.310 e. The van der Waals surface area contributed by atoms with E-state index in [4.69, 9.17) is 0 Å². The summed E-state index contributed by atoms with van der Waals surface area (Å²) in [6.07, 6.45) is 1.69. The van der Waals surface area contributed by atoms with E-state index in [2.05, 4.69) is 15.4 Å². The predicted molar refractivity (Wildman–Crippen MR) is 125 cm³/mol. The number of anilines is 2. The molecule has 0 unspecified atom stereocenters. The first kappa shape index (κ1) is 21.5. The normalized spacial score (nSPS) is 14.7. The summed E-state index contributed by atoms with van der Waals surface area (Å²) in [6, 6.07) is 16.7. The highest BCUT2D eigenvalue weighted by molar-refractivity contribution is 8.14. The van der Waals surface area contributed by atoms with Crippen molar-refractivity contribution in [1.29, 1.82) is 0 Å². The lowest BCUT2D eigenvalue weighted by molar-refractivity contribution is -0.114. The van der Waals surface area contributed by atoms with Gasteiger partial charge < -0.3 is 5.32 Å². The molecule has 2 amide bonds. The minimum absolute atomic E-state index is 0.0344. The third-order valence-corrected chi connectivity index (χ3v) is 5.56. The maximum absolute atomic E-state index is 13.4. The molecule has 0 aliphatic carbocycles. The molecule has 0 saturated heterocycles. The fourth-order valence-corrected chi connectivity index (χ4v) is 3.97. The highest BCUT2D eigenvalue weighted by atomic mass is 32.2. The number of halogens is 1. The molecule has 1 aliphatic rings. The average Bonchev–Trinajstić information content (AvgIpc) is 3.25. The minimum Gasteiger partial charge on any atom is -0.310 e. The molecule has 3 aromatic rings. The van der Waals surface area contributed by atoms with Crippen molar-refractivity contribution in [3.8, 4) is 0 Å². The van der Waals surface area contributed by atoms with Gasteiger partial charge in [0, 0.05) is 13.1 Å². The van der Waals surface area contributed by atoms with E-state index in [-0.39, 0.29) is 23.3 Å².